The zero-order chi connectivity index (χ0) is 53.2. The molecule has 0 N–H and O–H groups in total. The van der Waals surface area contributed by atoms with Gasteiger partial charge in [0.2, 0.25) is 5.95 Å². The summed E-state index contributed by atoms with van der Waals surface area (Å²) in [5, 5.41) is 12.1. The number of nitrogens with zero attached hydrogens (tertiary/aromatic N) is 5. The highest BCUT2D eigenvalue weighted by atomic mass is 15.2. The summed E-state index contributed by atoms with van der Waals surface area (Å²) in [5.41, 5.74) is 16.1. The average Bonchev–Trinajstić information content (AvgIpc) is 4.28. The third-order valence-electron chi connectivity index (χ3n) is 17.2. The van der Waals surface area contributed by atoms with Crippen LogP contribution in [0.5, 0.6) is 0 Å². The van der Waals surface area contributed by atoms with Gasteiger partial charge in [-0.2, -0.15) is 9.97 Å². The van der Waals surface area contributed by atoms with E-state index in [1.54, 1.807) is 0 Å². The lowest BCUT2D eigenvalue weighted by Crippen LogP contribution is -2.28. The first-order valence-electron chi connectivity index (χ1n) is 27.8. The van der Waals surface area contributed by atoms with E-state index >= 15 is 0 Å². The summed E-state index contributed by atoms with van der Waals surface area (Å²) >= 11 is 0. The van der Waals surface area contributed by atoms with E-state index in [1.165, 1.54) is 71.1 Å². The number of para-hydroxylation sites is 2. The molecule has 0 amide bonds. The van der Waals surface area contributed by atoms with Gasteiger partial charge >= 0.3 is 0 Å². The topological polar surface area (TPSA) is 48.5 Å². The van der Waals surface area contributed by atoms with Crippen LogP contribution in [-0.2, 0) is 5.41 Å². The van der Waals surface area contributed by atoms with E-state index in [4.69, 9.17) is 15.0 Å². The molecule has 1 aliphatic carbocycles. The van der Waals surface area contributed by atoms with Crippen molar-refractivity contribution in [1.82, 2.24) is 24.1 Å². The minimum absolute atomic E-state index is 0.542. The van der Waals surface area contributed by atoms with Crippen molar-refractivity contribution in [2.75, 3.05) is 0 Å². The van der Waals surface area contributed by atoms with Gasteiger partial charge in [0.05, 0.1) is 27.5 Å². The van der Waals surface area contributed by atoms with Crippen LogP contribution in [0.15, 0.2) is 285 Å². The van der Waals surface area contributed by atoms with E-state index in [0.29, 0.717) is 17.6 Å². The molecule has 13 aromatic carbocycles. The smallest absolute Gasteiger partial charge is 0.238 e. The summed E-state index contributed by atoms with van der Waals surface area (Å²) in [5.74, 6) is 1.73. The Morgan fingerprint density at radius 3 is 1.37 bits per heavy atom. The van der Waals surface area contributed by atoms with Crippen LogP contribution in [0.1, 0.15) is 22.3 Å². The van der Waals surface area contributed by atoms with Crippen molar-refractivity contribution in [1.29, 1.82) is 0 Å². The quantitative estimate of drug-likeness (QED) is 0.149. The van der Waals surface area contributed by atoms with Gasteiger partial charge in [-0.25, -0.2) is 4.98 Å². The van der Waals surface area contributed by atoms with Gasteiger partial charge in [0, 0.05) is 38.4 Å². The lowest BCUT2D eigenvalue weighted by atomic mass is 9.67. The second-order valence-corrected chi connectivity index (χ2v) is 21.4. The highest BCUT2D eigenvalue weighted by molar-refractivity contribution is 6.26. The monoisotopic (exact) mass is 1030 g/mol. The predicted molar refractivity (Wildman–Crippen MR) is 335 cm³/mol. The van der Waals surface area contributed by atoms with Crippen molar-refractivity contribution in [3.8, 4) is 56.7 Å². The molecule has 17 rings (SSSR count). The molecule has 0 radical (unpaired) electrons. The van der Waals surface area contributed by atoms with Gasteiger partial charge in [-0.05, 0) is 113 Å². The Balaban J connectivity index is 0.914. The second kappa shape index (κ2) is 17.6. The Bertz CT molecular complexity index is 5160. The molecule has 16 aromatic rings. The maximum Gasteiger partial charge on any atom is 0.238 e. The number of aromatic nitrogens is 5. The number of hydrogen-bond donors (Lipinski definition) is 0. The van der Waals surface area contributed by atoms with E-state index in [2.05, 4.69) is 288 Å². The van der Waals surface area contributed by atoms with Gasteiger partial charge in [-0.1, -0.05) is 249 Å². The Morgan fingerprint density at radius 2 is 0.716 bits per heavy atom. The SMILES string of the molecule is c1ccc(-c2nc(-c3ccc4c(c3)C(c3ccccc3)(c3ccccc3)c3ccccc3-4)nc(-n3c4ccccc4c4ccc5c6ccccc6n(-c6cccc(-c7ccc8c9ccccc9c9ccccc9c8c7)c6)c5c43)n2)cc1. The van der Waals surface area contributed by atoms with Crippen LogP contribution in [0, 0.1) is 0 Å². The van der Waals surface area contributed by atoms with E-state index in [9.17, 15) is 0 Å². The van der Waals surface area contributed by atoms with Crippen molar-refractivity contribution in [3.05, 3.63) is 307 Å². The first-order chi connectivity index (χ1) is 40.2. The summed E-state index contributed by atoms with van der Waals surface area (Å²) in [4.78, 5) is 16.6. The fourth-order valence-corrected chi connectivity index (χ4v) is 13.8. The average molecular weight is 1030 g/mol. The molecule has 1 aliphatic rings. The number of rotatable bonds is 7. The van der Waals surface area contributed by atoms with Crippen LogP contribution >= 0.6 is 0 Å². The normalized spacial score (nSPS) is 12.8. The molecular formula is C76H47N5. The zero-order valence-corrected chi connectivity index (χ0v) is 43.9. The van der Waals surface area contributed by atoms with Crippen LogP contribution in [0.3, 0.4) is 0 Å². The van der Waals surface area contributed by atoms with E-state index in [1.807, 2.05) is 6.07 Å². The number of benzene rings is 13. The van der Waals surface area contributed by atoms with Crippen LogP contribution < -0.4 is 0 Å². The summed E-state index contributed by atoms with van der Waals surface area (Å²) in [6, 6.07) is 104. The van der Waals surface area contributed by atoms with E-state index in [0.717, 1.165) is 66.2 Å². The minimum Gasteiger partial charge on any atom is -0.307 e. The van der Waals surface area contributed by atoms with Crippen molar-refractivity contribution >= 4 is 75.9 Å². The Kier molecular flexibility index (Phi) is 9.86. The third kappa shape index (κ3) is 6.64. The standard InChI is InChI=1S/C76H47N5/c1-4-21-48(22-5-1)73-77-74(51-40-42-61-60-33-14-17-36-67(60)76(68(61)47-51,52-24-6-2-7-25-52)53-26-8-3-9-27-53)79-75(78-73)81-70-38-19-16-35-63(70)65-44-43-64-62-34-15-18-37-69(62)80(71(64)72(65)81)54-28-20-23-49(45-54)50-39-41-59-57-31-11-10-29-55(57)56-30-12-13-32-58(56)66(59)46-50/h1-47H. The summed E-state index contributed by atoms with van der Waals surface area (Å²) in [6.45, 7) is 0. The third-order valence-corrected chi connectivity index (χ3v) is 17.2. The molecule has 0 unspecified atom stereocenters. The lowest BCUT2D eigenvalue weighted by Gasteiger charge is -2.34. The van der Waals surface area contributed by atoms with Gasteiger partial charge in [0.25, 0.3) is 0 Å². The molecule has 0 fully saturated rings. The molecule has 0 spiro atoms. The highest BCUT2D eigenvalue weighted by Gasteiger charge is 2.46. The van der Waals surface area contributed by atoms with Gasteiger partial charge in [0.1, 0.15) is 0 Å². The van der Waals surface area contributed by atoms with Gasteiger partial charge in [0.15, 0.2) is 11.6 Å². The summed E-state index contributed by atoms with van der Waals surface area (Å²) in [7, 11) is 0. The molecular weight excluding hydrogens is 983 g/mol. The Morgan fingerprint density at radius 1 is 0.259 bits per heavy atom. The van der Waals surface area contributed by atoms with E-state index < -0.39 is 5.41 Å². The first kappa shape index (κ1) is 45.3. The second-order valence-electron chi connectivity index (χ2n) is 21.4. The molecule has 3 aromatic heterocycles. The van der Waals surface area contributed by atoms with E-state index in [-0.39, 0.29) is 0 Å². The predicted octanol–water partition coefficient (Wildman–Crippen LogP) is 18.9. The molecule has 0 saturated carbocycles. The number of fused-ring (bicyclic) bond motifs is 16. The van der Waals surface area contributed by atoms with Crippen molar-refractivity contribution in [3.63, 3.8) is 0 Å². The fourth-order valence-electron chi connectivity index (χ4n) is 13.8. The van der Waals surface area contributed by atoms with Crippen LogP contribution in [0.4, 0.5) is 0 Å². The zero-order valence-electron chi connectivity index (χ0n) is 43.9. The maximum atomic E-state index is 5.65. The van der Waals surface area contributed by atoms with Gasteiger partial charge in [-0.15, -0.1) is 0 Å². The minimum atomic E-state index is -0.594. The molecule has 0 saturated heterocycles. The highest BCUT2D eigenvalue weighted by Crippen LogP contribution is 2.57. The maximum absolute atomic E-state index is 5.65. The largest absolute Gasteiger partial charge is 0.307 e. The van der Waals surface area contributed by atoms with Gasteiger partial charge < -0.3 is 4.57 Å². The van der Waals surface area contributed by atoms with Crippen LogP contribution in [-0.4, -0.2) is 24.1 Å². The molecule has 0 atom stereocenters. The van der Waals surface area contributed by atoms with Crippen molar-refractivity contribution < 1.29 is 0 Å². The summed E-state index contributed by atoms with van der Waals surface area (Å²) < 4.78 is 4.75. The Hall–Kier alpha value is -10.8. The fraction of sp³-hybridized carbons (Fsp3) is 0.0132. The molecule has 5 nitrogen and oxygen atoms in total. The van der Waals surface area contributed by atoms with Crippen LogP contribution in [0.2, 0.25) is 0 Å². The molecule has 5 heteroatoms. The number of hydrogen-bond acceptors (Lipinski definition) is 3. The van der Waals surface area contributed by atoms with Gasteiger partial charge in [-0.3, -0.25) is 4.57 Å². The molecule has 376 valence electrons. The first-order valence-corrected chi connectivity index (χ1v) is 27.8. The molecule has 3 heterocycles. The van der Waals surface area contributed by atoms with Crippen molar-refractivity contribution in [2.24, 2.45) is 0 Å². The molecule has 81 heavy (non-hydrogen) atoms. The Labute approximate surface area is 467 Å². The lowest BCUT2D eigenvalue weighted by molar-refractivity contribution is 0.768. The van der Waals surface area contributed by atoms with Crippen LogP contribution in [0.25, 0.3) is 133 Å². The molecule has 0 bridgehead atoms. The van der Waals surface area contributed by atoms with Crippen molar-refractivity contribution in [2.45, 2.75) is 5.41 Å². The molecule has 0 aliphatic heterocycles. The summed E-state index contributed by atoms with van der Waals surface area (Å²) in [6.07, 6.45) is 0.